The highest BCUT2D eigenvalue weighted by Crippen LogP contribution is 2.24. The quantitative estimate of drug-likeness (QED) is 0.567. The number of hydrogen-bond donors (Lipinski definition) is 2. The minimum Gasteiger partial charge on any atom is -0.494 e. The van der Waals surface area contributed by atoms with E-state index in [1.54, 1.807) is 18.2 Å². The standard InChI is InChI=1S/C10H15FN2O2/c1-14-6-8(13-12)7-4-3-5-9(15-2)10(7)11/h3-5,8,13H,6,12H2,1-2H3. The molecule has 1 unspecified atom stereocenters. The minimum absolute atomic E-state index is 0.198. The van der Waals surface area contributed by atoms with Crippen LogP contribution in [0.3, 0.4) is 0 Å². The van der Waals surface area contributed by atoms with E-state index in [0.717, 1.165) is 0 Å². The maximum Gasteiger partial charge on any atom is 0.169 e. The van der Waals surface area contributed by atoms with Gasteiger partial charge in [0.05, 0.1) is 19.8 Å². The molecule has 1 rings (SSSR count). The molecule has 3 N–H and O–H groups in total. The maximum atomic E-state index is 13.8. The Morgan fingerprint density at radius 1 is 1.47 bits per heavy atom. The Hall–Kier alpha value is -1.17. The number of ether oxygens (including phenoxy) is 2. The zero-order valence-corrected chi connectivity index (χ0v) is 8.79. The van der Waals surface area contributed by atoms with E-state index in [9.17, 15) is 4.39 Å². The van der Waals surface area contributed by atoms with E-state index in [0.29, 0.717) is 12.2 Å². The molecule has 0 radical (unpaired) electrons. The molecule has 0 heterocycles. The fourth-order valence-electron chi connectivity index (χ4n) is 1.35. The SMILES string of the molecule is COCC(NN)c1cccc(OC)c1F. The Kier molecular flexibility index (Phi) is 4.48. The van der Waals surface area contributed by atoms with Gasteiger partial charge in [-0.1, -0.05) is 12.1 Å². The monoisotopic (exact) mass is 214 g/mol. The van der Waals surface area contributed by atoms with E-state index >= 15 is 0 Å². The van der Waals surface area contributed by atoms with Gasteiger partial charge in [0.25, 0.3) is 0 Å². The molecule has 4 nitrogen and oxygen atoms in total. The summed E-state index contributed by atoms with van der Waals surface area (Å²) in [4.78, 5) is 0. The number of nitrogens with two attached hydrogens (primary N) is 1. The molecule has 1 atom stereocenters. The summed E-state index contributed by atoms with van der Waals surface area (Å²) >= 11 is 0. The zero-order chi connectivity index (χ0) is 11.3. The third-order valence-corrected chi connectivity index (χ3v) is 2.12. The Morgan fingerprint density at radius 2 is 2.20 bits per heavy atom. The van der Waals surface area contributed by atoms with Crippen molar-refractivity contribution in [2.24, 2.45) is 5.84 Å². The highest BCUT2D eigenvalue weighted by molar-refractivity contribution is 5.33. The van der Waals surface area contributed by atoms with Crippen LogP contribution in [-0.4, -0.2) is 20.8 Å². The smallest absolute Gasteiger partial charge is 0.169 e. The lowest BCUT2D eigenvalue weighted by Gasteiger charge is -2.16. The third-order valence-electron chi connectivity index (χ3n) is 2.12. The number of hydrogen-bond acceptors (Lipinski definition) is 4. The van der Waals surface area contributed by atoms with Crippen molar-refractivity contribution in [1.29, 1.82) is 0 Å². The van der Waals surface area contributed by atoms with Crippen LogP contribution in [0.2, 0.25) is 0 Å². The number of nitrogens with one attached hydrogen (secondary N) is 1. The first-order valence-corrected chi connectivity index (χ1v) is 4.52. The fraction of sp³-hybridized carbons (Fsp3) is 0.400. The van der Waals surface area contributed by atoms with Crippen molar-refractivity contribution in [3.05, 3.63) is 29.6 Å². The summed E-state index contributed by atoms with van der Waals surface area (Å²) < 4.78 is 23.6. The average Bonchev–Trinajstić information content (AvgIpc) is 2.27. The summed E-state index contributed by atoms with van der Waals surface area (Å²) in [5.74, 6) is 5.10. The Morgan fingerprint density at radius 3 is 2.73 bits per heavy atom. The average molecular weight is 214 g/mol. The molecule has 1 aromatic rings. The Labute approximate surface area is 88.1 Å². The summed E-state index contributed by atoms with van der Waals surface area (Å²) in [6.07, 6.45) is 0. The molecular formula is C10H15FN2O2. The number of hydrazine groups is 1. The Bertz CT molecular complexity index is 320. The second-order valence-corrected chi connectivity index (χ2v) is 3.04. The molecule has 0 aromatic heterocycles. The van der Waals surface area contributed by atoms with Gasteiger partial charge in [-0.05, 0) is 6.07 Å². The maximum absolute atomic E-state index is 13.8. The van der Waals surface area contributed by atoms with Gasteiger partial charge in [0.15, 0.2) is 11.6 Å². The first-order chi connectivity index (χ1) is 7.24. The van der Waals surface area contributed by atoms with Crippen molar-refractivity contribution in [3.63, 3.8) is 0 Å². The molecule has 1 aromatic carbocycles. The van der Waals surface area contributed by atoms with Gasteiger partial charge in [0.2, 0.25) is 0 Å². The largest absolute Gasteiger partial charge is 0.494 e. The molecule has 0 spiro atoms. The van der Waals surface area contributed by atoms with E-state index in [-0.39, 0.29) is 11.8 Å². The second kappa shape index (κ2) is 5.65. The molecule has 0 fully saturated rings. The number of benzene rings is 1. The van der Waals surface area contributed by atoms with Crippen LogP contribution in [-0.2, 0) is 4.74 Å². The normalized spacial score (nSPS) is 12.5. The minimum atomic E-state index is -0.417. The molecule has 84 valence electrons. The molecule has 15 heavy (non-hydrogen) atoms. The van der Waals surface area contributed by atoms with E-state index in [2.05, 4.69) is 5.43 Å². The number of halogens is 1. The summed E-state index contributed by atoms with van der Waals surface area (Å²) in [6.45, 7) is 0.292. The van der Waals surface area contributed by atoms with Crippen LogP contribution in [0.5, 0.6) is 5.75 Å². The van der Waals surface area contributed by atoms with Crippen molar-refractivity contribution in [3.8, 4) is 5.75 Å². The van der Waals surface area contributed by atoms with Gasteiger partial charge in [-0.3, -0.25) is 11.3 Å². The van der Waals surface area contributed by atoms with Crippen molar-refractivity contribution in [2.45, 2.75) is 6.04 Å². The summed E-state index contributed by atoms with van der Waals surface area (Å²) in [7, 11) is 2.95. The van der Waals surface area contributed by atoms with Crippen molar-refractivity contribution in [2.75, 3.05) is 20.8 Å². The van der Waals surface area contributed by atoms with E-state index in [1.807, 2.05) is 0 Å². The molecule has 0 bridgehead atoms. The predicted molar refractivity (Wildman–Crippen MR) is 54.9 cm³/mol. The fourth-order valence-corrected chi connectivity index (χ4v) is 1.35. The lowest BCUT2D eigenvalue weighted by atomic mass is 10.1. The molecular weight excluding hydrogens is 199 g/mol. The molecule has 0 aliphatic heterocycles. The van der Waals surface area contributed by atoms with E-state index in [4.69, 9.17) is 15.3 Å². The van der Waals surface area contributed by atoms with Gasteiger partial charge >= 0.3 is 0 Å². The molecule has 5 heteroatoms. The summed E-state index contributed by atoms with van der Waals surface area (Å²) in [5.41, 5.74) is 2.92. The van der Waals surface area contributed by atoms with Gasteiger partial charge in [0.1, 0.15) is 0 Å². The van der Waals surface area contributed by atoms with E-state index in [1.165, 1.54) is 14.2 Å². The predicted octanol–water partition coefficient (Wildman–Crippen LogP) is 0.985. The van der Waals surface area contributed by atoms with Gasteiger partial charge in [-0.15, -0.1) is 0 Å². The summed E-state index contributed by atoms with van der Waals surface area (Å²) in [5, 5.41) is 0. The van der Waals surface area contributed by atoms with Crippen LogP contribution in [0, 0.1) is 5.82 Å². The van der Waals surface area contributed by atoms with Crippen LogP contribution in [0.25, 0.3) is 0 Å². The zero-order valence-electron chi connectivity index (χ0n) is 8.79. The van der Waals surface area contributed by atoms with Crippen LogP contribution in [0.1, 0.15) is 11.6 Å². The van der Waals surface area contributed by atoms with Crippen molar-refractivity contribution < 1.29 is 13.9 Å². The molecule has 0 saturated carbocycles. The highest BCUT2D eigenvalue weighted by atomic mass is 19.1. The number of rotatable bonds is 5. The molecule has 0 aliphatic carbocycles. The molecule has 0 aliphatic rings. The van der Waals surface area contributed by atoms with E-state index < -0.39 is 5.82 Å². The third kappa shape index (κ3) is 2.65. The first kappa shape index (κ1) is 11.9. The van der Waals surface area contributed by atoms with Gasteiger partial charge in [0, 0.05) is 12.7 Å². The van der Waals surface area contributed by atoms with Crippen molar-refractivity contribution >= 4 is 0 Å². The lowest BCUT2D eigenvalue weighted by Crippen LogP contribution is -2.31. The molecule has 0 amide bonds. The molecule has 0 saturated heterocycles. The Balaban J connectivity index is 3.01. The van der Waals surface area contributed by atoms with Crippen molar-refractivity contribution in [1.82, 2.24) is 5.43 Å². The van der Waals surface area contributed by atoms with Crippen LogP contribution in [0.4, 0.5) is 4.39 Å². The summed E-state index contributed by atoms with van der Waals surface area (Å²) in [6, 6.07) is 4.52. The van der Waals surface area contributed by atoms with Crippen LogP contribution >= 0.6 is 0 Å². The highest BCUT2D eigenvalue weighted by Gasteiger charge is 2.16. The second-order valence-electron chi connectivity index (χ2n) is 3.04. The van der Waals surface area contributed by atoms with Crippen LogP contribution in [0.15, 0.2) is 18.2 Å². The van der Waals surface area contributed by atoms with Crippen LogP contribution < -0.4 is 16.0 Å². The van der Waals surface area contributed by atoms with Gasteiger partial charge < -0.3 is 9.47 Å². The lowest BCUT2D eigenvalue weighted by molar-refractivity contribution is 0.165. The number of methoxy groups -OCH3 is 2. The van der Waals surface area contributed by atoms with Gasteiger partial charge in [-0.2, -0.15) is 0 Å². The van der Waals surface area contributed by atoms with Gasteiger partial charge in [-0.25, -0.2) is 4.39 Å². The topological polar surface area (TPSA) is 56.5 Å². The first-order valence-electron chi connectivity index (χ1n) is 4.52.